The van der Waals surface area contributed by atoms with Gasteiger partial charge in [-0.15, -0.1) is 0 Å². The molecule has 0 spiro atoms. The summed E-state index contributed by atoms with van der Waals surface area (Å²) in [6, 6.07) is 1.21. The fraction of sp³-hybridized carbons (Fsp3) is 0.500. The van der Waals surface area contributed by atoms with Crippen molar-refractivity contribution >= 4 is 23.4 Å². The number of aromatic amines is 1. The molecule has 0 saturated carbocycles. The lowest BCUT2D eigenvalue weighted by Crippen LogP contribution is -2.46. The van der Waals surface area contributed by atoms with Crippen molar-refractivity contribution in [2.45, 2.75) is 38.8 Å². The fourth-order valence-electron chi connectivity index (χ4n) is 2.35. The van der Waals surface area contributed by atoms with Gasteiger partial charge in [-0.1, -0.05) is 11.6 Å². The maximum atomic E-state index is 12.6. The Labute approximate surface area is 127 Å². The molecule has 114 valence electrons. The molecule has 7 heteroatoms. The van der Waals surface area contributed by atoms with E-state index in [4.69, 9.17) is 11.6 Å². The SMILES string of the molecule is CC(C)N(C[C@@H]1CCC(=O)N1)C(=O)c1cc(Cl)c[nH]c1=O. The lowest BCUT2D eigenvalue weighted by molar-refractivity contribution is -0.119. The van der Waals surface area contributed by atoms with Crippen molar-refractivity contribution in [3.8, 4) is 0 Å². The van der Waals surface area contributed by atoms with Gasteiger partial charge in [-0.3, -0.25) is 14.4 Å². The van der Waals surface area contributed by atoms with Crippen LogP contribution in [0.3, 0.4) is 0 Å². The maximum absolute atomic E-state index is 12.6. The van der Waals surface area contributed by atoms with Crippen LogP contribution in [0.2, 0.25) is 5.02 Å². The smallest absolute Gasteiger partial charge is 0.260 e. The number of pyridine rings is 1. The minimum absolute atomic E-state index is 0.00300. The Bertz CT molecular complexity index is 612. The number of H-pyrrole nitrogens is 1. The van der Waals surface area contributed by atoms with Gasteiger partial charge in [-0.25, -0.2) is 0 Å². The van der Waals surface area contributed by atoms with Gasteiger partial charge in [0.2, 0.25) is 5.91 Å². The second-order valence-electron chi connectivity index (χ2n) is 5.42. The molecule has 21 heavy (non-hydrogen) atoms. The molecule has 0 aliphatic carbocycles. The van der Waals surface area contributed by atoms with E-state index in [-0.39, 0.29) is 29.5 Å². The molecular formula is C14H18ClN3O3. The Kier molecular flexibility index (Phi) is 4.67. The molecule has 2 amide bonds. The van der Waals surface area contributed by atoms with Gasteiger partial charge >= 0.3 is 0 Å². The van der Waals surface area contributed by atoms with Crippen molar-refractivity contribution in [2.24, 2.45) is 0 Å². The van der Waals surface area contributed by atoms with Gasteiger partial charge in [0.15, 0.2) is 0 Å². The summed E-state index contributed by atoms with van der Waals surface area (Å²) in [6.07, 6.45) is 2.52. The lowest BCUT2D eigenvalue weighted by atomic mass is 10.1. The van der Waals surface area contributed by atoms with Gasteiger partial charge in [0.05, 0.1) is 5.02 Å². The summed E-state index contributed by atoms with van der Waals surface area (Å²) in [5.74, 6) is -0.383. The van der Waals surface area contributed by atoms with E-state index < -0.39 is 5.56 Å². The standard InChI is InChI=1S/C14H18ClN3O3/c1-8(2)18(7-10-3-4-12(19)17-10)14(21)11-5-9(15)6-16-13(11)20/h5-6,8,10H,3-4,7H2,1-2H3,(H,16,20)(H,17,19)/t10-/m0/s1. The molecule has 0 aromatic carbocycles. The minimum atomic E-state index is -0.467. The molecule has 1 atom stereocenters. The van der Waals surface area contributed by atoms with Crippen LogP contribution in [0.1, 0.15) is 37.0 Å². The molecular weight excluding hydrogens is 294 g/mol. The normalized spacial score (nSPS) is 17.9. The first kappa shape index (κ1) is 15.6. The first-order chi connectivity index (χ1) is 9.88. The number of aromatic nitrogens is 1. The third-order valence-electron chi connectivity index (χ3n) is 3.48. The highest BCUT2D eigenvalue weighted by atomic mass is 35.5. The Hall–Kier alpha value is -1.82. The number of rotatable bonds is 4. The maximum Gasteiger partial charge on any atom is 0.260 e. The van der Waals surface area contributed by atoms with Crippen LogP contribution >= 0.6 is 11.6 Å². The molecule has 0 bridgehead atoms. The average molecular weight is 312 g/mol. The van der Waals surface area contributed by atoms with E-state index in [1.807, 2.05) is 13.8 Å². The predicted molar refractivity (Wildman–Crippen MR) is 79.4 cm³/mol. The summed E-state index contributed by atoms with van der Waals surface area (Å²) in [5, 5.41) is 3.13. The number of nitrogens with zero attached hydrogens (tertiary/aromatic N) is 1. The van der Waals surface area contributed by atoms with Gasteiger partial charge in [-0.05, 0) is 26.3 Å². The number of carbonyl (C=O) groups excluding carboxylic acids is 2. The van der Waals surface area contributed by atoms with Gasteiger partial charge in [0.1, 0.15) is 5.56 Å². The van der Waals surface area contributed by atoms with Crippen molar-refractivity contribution in [2.75, 3.05) is 6.54 Å². The topological polar surface area (TPSA) is 82.3 Å². The van der Waals surface area contributed by atoms with Crippen molar-refractivity contribution in [3.05, 3.63) is 33.2 Å². The molecule has 1 fully saturated rings. The predicted octanol–water partition coefficient (Wildman–Crippen LogP) is 1.16. The first-order valence-corrected chi connectivity index (χ1v) is 7.25. The molecule has 1 aliphatic heterocycles. The summed E-state index contributed by atoms with van der Waals surface area (Å²) >= 11 is 5.84. The zero-order valence-corrected chi connectivity index (χ0v) is 12.7. The molecule has 2 N–H and O–H groups in total. The third-order valence-corrected chi connectivity index (χ3v) is 3.70. The monoisotopic (exact) mass is 311 g/mol. The van der Waals surface area contributed by atoms with E-state index in [2.05, 4.69) is 10.3 Å². The highest BCUT2D eigenvalue weighted by Crippen LogP contribution is 2.14. The number of nitrogens with one attached hydrogen (secondary N) is 2. The molecule has 2 heterocycles. The molecule has 0 radical (unpaired) electrons. The Morgan fingerprint density at radius 2 is 2.19 bits per heavy atom. The van der Waals surface area contributed by atoms with Gasteiger partial charge in [0, 0.05) is 31.2 Å². The fourth-order valence-corrected chi connectivity index (χ4v) is 2.51. The van der Waals surface area contributed by atoms with E-state index in [0.717, 1.165) is 0 Å². The van der Waals surface area contributed by atoms with Crippen LogP contribution in [0.5, 0.6) is 0 Å². The molecule has 1 aliphatic rings. The minimum Gasteiger partial charge on any atom is -0.352 e. The number of carbonyl (C=O) groups is 2. The lowest BCUT2D eigenvalue weighted by Gasteiger charge is -2.29. The van der Waals surface area contributed by atoms with E-state index in [1.165, 1.54) is 12.3 Å². The van der Waals surface area contributed by atoms with Crippen molar-refractivity contribution in [3.63, 3.8) is 0 Å². The largest absolute Gasteiger partial charge is 0.352 e. The van der Waals surface area contributed by atoms with Crippen molar-refractivity contribution < 1.29 is 9.59 Å². The van der Waals surface area contributed by atoms with E-state index in [0.29, 0.717) is 24.4 Å². The summed E-state index contributed by atoms with van der Waals surface area (Å²) in [6.45, 7) is 4.12. The van der Waals surface area contributed by atoms with E-state index in [9.17, 15) is 14.4 Å². The van der Waals surface area contributed by atoms with Crippen LogP contribution in [0.4, 0.5) is 0 Å². The highest BCUT2D eigenvalue weighted by molar-refractivity contribution is 6.30. The third kappa shape index (κ3) is 3.64. The van der Waals surface area contributed by atoms with Crippen LogP contribution in [0.15, 0.2) is 17.1 Å². The van der Waals surface area contributed by atoms with Crippen LogP contribution in [0, 0.1) is 0 Å². The van der Waals surface area contributed by atoms with E-state index in [1.54, 1.807) is 4.90 Å². The molecule has 0 unspecified atom stereocenters. The zero-order chi connectivity index (χ0) is 15.6. The zero-order valence-electron chi connectivity index (χ0n) is 12.0. The van der Waals surface area contributed by atoms with Gasteiger partial charge < -0.3 is 15.2 Å². The Morgan fingerprint density at radius 3 is 2.76 bits per heavy atom. The number of amides is 2. The molecule has 6 nitrogen and oxygen atoms in total. The first-order valence-electron chi connectivity index (χ1n) is 6.87. The average Bonchev–Trinajstić information content (AvgIpc) is 2.83. The number of hydrogen-bond acceptors (Lipinski definition) is 3. The quantitative estimate of drug-likeness (QED) is 0.875. The molecule has 1 saturated heterocycles. The van der Waals surface area contributed by atoms with Crippen molar-refractivity contribution in [1.29, 1.82) is 0 Å². The van der Waals surface area contributed by atoms with Crippen LogP contribution in [-0.2, 0) is 4.79 Å². The second kappa shape index (κ2) is 6.30. The summed E-state index contributed by atoms with van der Waals surface area (Å²) in [5.41, 5.74) is -0.453. The van der Waals surface area contributed by atoms with Crippen molar-refractivity contribution in [1.82, 2.24) is 15.2 Å². The Morgan fingerprint density at radius 1 is 1.48 bits per heavy atom. The molecule has 1 aromatic heterocycles. The highest BCUT2D eigenvalue weighted by Gasteiger charge is 2.28. The van der Waals surface area contributed by atoms with Gasteiger partial charge in [-0.2, -0.15) is 0 Å². The second-order valence-corrected chi connectivity index (χ2v) is 5.85. The summed E-state index contributed by atoms with van der Waals surface area (Å²) < 4.78 is 0. The van der Waals surface area contributed by atoms with Crippen LogP contribution < -0.4 is 10.9 Å². The summed E-state index contributed by atoms with van der Waals surface area (Å²) in [7, 11) is 0. The van der Waals surface area contributed by atoms with E-state index >= 15 is 0 Å². The van der Waals surface area contributed by atoms with Gasteiger partial charge in [0.25, 0.3) is 11.5 Å². The van der Waals surface area contributed by atoms with Crippen LogP contribution in [-0.4, -0.2) is 40.3 Å². The van der Waals surface area contributed by atoms with Crippen LogP contribution in [0.25, 0.3) is 0 Å². The molecule has 2 rings (SSSR count). The Balaban J connectivity index is 2.21. The molecule has 1 aromatic rings. The summed E-state index contributed by atoms with van der Waals surface area (Å²) in [4.78, 5) is 39.6. The number of halogens is 1. The number of hydrogen-bond donors (Lipinski definition) is 2.